The Morgan fingerprint density at radius 2 is 2.04 bits per heavy atom. The van der Waals surface area contributed by atoms with E-state index >= 15 is 0 Å². The average Bonchev–Trinajstić information content (AvgIpc) is 3.06. The first kappa shape index (κ1) is 16.3. The van der Waals surface area contributed by atoms with Crippen LogP contribution in [0.15, 0.2) is 46.3 Å². The van der Waals surface area contributed by atoms with Crippen LogP contribution >= 0.6 is 23.4 Å². The molecule has 0 saturated heterocycles. The largest absolute Gasteiger partial charge is 0.454 e. The molecule has 2 aromatic carbocycles. The van der Waals surface area contributed by atoms with Crippen LogP contribution in [0.25, 0.3) is 10.9 Å². The summed E-state index contributed by atoms with van der Waals surface area (Å²) < 4.78 is 12.3. The van der Waals surface area contributed by atoms with Crippen molar-refractivity contribution in [2.45, 2.75) is 18.4 Å². The van der Waals surface area contributed by atoms with Gasteiger partial charge in [-0.2, -0.15) is 0 Å². The van der Waals surface area contributed by atoms with E-state index in [9.17, 15) is 4.79 Å². The summed E-state index contributed by atoms with van der Waals surface area (Å²) in [4.78, 5) is 18.4. The van der Waals surface area contributed by atoms with Crippen LogP contribution in [-0.2, 0) is 6.54 Å². The van der Waals surface area contributed by atoms with E-state index in [-0.39, 0.29) is 12.4 Å². The number of halogens is 1. The minimum Gasteiger partial charge on any atom is -0.454 e. The summed E-state index contributed by atoms with van der Waals surface area (Å²) >= 11 is 7.86. The molecule has 0 atom stereocenters. The Bertz CT molecular complexity index is 1020. The highest BCUT2D eigenvalue weighted by Crippen LogP contribution is 2.34. The fourth-order valence-corrected chi connectivity index (χ4v) is 3.79. The lowest BCUT2D eigenvalue weighted by atomic mass is 10.2. The van der Waals surface area contributed by atoms with Crippen LogP contribution in [0.5, 0.6) is 11.5 Å². The maximum Gasteiger partial charge on any atom is 0.261 e. The molecule has 4 rings (SSSR count). The molecule has 0 fully saturated rings. The Morgan fingerprint density at radius 3 is 2.84 bits per heavy atom. The van der Waals surface area contributed by atoms with Crippen LogP contribution < -0.4 is 15.0 Å². The van der Waals surface area contributed by atoms with Crippen LogP contribution in [0.1, 0.15) is 12.5 Å². The molecule has 7 heteroatoms. The molecule has 1 aliphatic heterocycles. The van der Waals surface area contributed by atoms with Gasteiger partial charge >= 0.3 is 0 Å². The maximum absolute atomic E-state index is 12.9. The highest BCUT2D eigenvalue weighted by molar-refractivity contribution is 7.99. The number of hydrogen-bond donors (Lipinski definition) is 0. The number of thioether (sulfide) groups is 1. The topological polar surface area (TPSA) is 53.4 Å². The van der Waals surface area contributed by atoms with E-state index in [0.717, 1.165) is 16.2 Å². The molecule has 5 nitrogen and oxygen atoms in total. The molecular weight excluding hydrogens is 360 g/mol. The first-order valence-electron chi connectivity index (χ1n) is 7.85. The predicted octanol–water partition coefficient (Wildman–Crippen LogP) is 3.94. The number of nitrogens with zero attached hydrogens (tertiary/aromatic N) is 2. The summed E-state index contributed by atoms with van der Waals surface area (Å²) in [5, 5.41) is 1.17. The van der Waals surface area contributed by atoms with Gasteiger partial charge in [-0.1, -0.05) is 18.5 Å². The molecule has 0 amide bonds. The van der Waals surface area contributed by atoms with E-state index in [0.29, 0.717) is 34.0 Å². The van der Waals surface area contributed by atoms with E-state index < -0.39 is 0 Å². The van der Waals surface area contributed by atoms with Crippen molar-refractivity contribution in [1.29, 1.82) is 0 Å². The molecule has 1 aliphatic rings. The van der Waals surface area contributed by atoms with Crippen molar-refractivity contribution in [3.63, 3.8) is 0 Å². The molecule has 0 radical (unpaired) electrons. The Hall–Kier alpha value is -2.18. The SMILES string of the molecule is CCSc1ccc(Cl)cc1Cn1cnc2cc3c(cc2c1=O)OCO3. The van der Waals surface area contributed by atoms with E-state index in [1.54, 1.807) is 34.8 Å². The summed E-state index contributed by atoms with van der Waals surface area (Å²) in [5.74, 6) is 2.14. The Balaban J connectivity index is 1.78. The Labute approximate surface area is 153 Å². The zero-order valence-corrected chi connectivity index (χ0v) is 15.1. The molecule has 25 heavy (non-hydrogen) atoms. The van der Waals surface area contributed by atoms with Crippen molar-refractivity contribution in [3.05, 3.63) is 57.6 Å². The molecule has 2 heterocycles. The third kappa shape index (κ3) is 3.07. The third-order valence-corrected chi connectivity index (χ3v) is 5.21. The first-order valence-corrected chi connectivity index (χ1v) is 9.22. The quantitative estimate of drug-likeness (QED) is 0.647. The molecular formula is C18H15ClN2O3S. The van der Waals surface area contributed by atoms with Crippen molar-refractivity contribution >= 4 is 34.3 Å². The third-order valence-electron chi connectivity index (χ3n) is 3.98. The molecule has 0 saturated carbocycles. The van der Waals surface area contributed by atoms with Gasteiger partial charge in [0, 0.05) is 16.0 Å². The van der Waals surface area contributed by atoms with Gasteiger partial charge < -0.3 is 9.47 Å². The zero-order valence-electron chi connectivity index (χ0n) is 13.5. The molecule has 0 spiro atoms. The van der Waals surface area contributed by atoms with E-state index in [1.165, 1.54) is 0 Å². The van der Waals surface area contributed by atoms with Gasteiger partial charge in [-0.25, -0.2) is 4.98 Å². The van der Waals surface area contributed by atoms with Crippen LogP contribution in [0.2, 0.25) is 5.02 Å². The lowest BCUT2D eigenvalue weighted by Gasteiger charge is -2.11. The van der Waals surface area contributed by atoms with Gasteiger partial charge in [-0.15, -0.1) is 11.8 Å². The lowest BCUT2D eigenvalue weighted by molar-refractivity contribution is 0.174. The van der Waals surface area contributed by atoms with Gasteiger partial charge in [-0.3, -0.25) is 9.36 Å². The Kier molecular flexibility index (Phi) is 4.31. The van der Waals surface area contributed by atoms with Crippen LogP contribution in [-0.4, -0.2) is 22.1 Å². The number of ether oxygens (including phenoxy) is 2. The van der Waals surface area contributed by atoms with Crippen LogP contribution in [0.4, 0.5) is 0 Å². The second-order valence-corrected chi connectivity index (χ2v) is 7.33. The molecule has 0 unspecified atom stereocenters. The highest BCUT2D eigenvalue weighted by atomic mass is 35.5. The van der Waals surface area contributed by atoms with Crippen LogP contribution in [0, 0.1) is 0 Å². The van der Waals surface area contributed by atoms with E-state index in [2.05, 4.69) is 11.9 Å². The fraction of sp³-hybridized carbons (Fsp3) is 0.222. The van der Waals surface area contributed by atoms with Gasteiger partial charge in [0.15, 0.2) is 11.5 Å². The summed E-state index contributed by atoms with van der Waals surface area (Å²) in [5.41, 5.74) is 1.49. The monoisotopic (exact) mass is 374 g/mol. The van der Waals surface area contributed by atoms with Gasteiger partial charge in [0.05, 0.1) is 23.8 Å². The van der Waals surface area contributed by atoms with Gasteiger partial charge in [0.25, 0.3) is 5.56 Å². The minimum atomic E-state index is -0.115. The zero-order chi connectivity index (χ0) is 17.4. The first-order chi connectivity index (χ1) is 12.2. The summed E-state index contributed by atoms with van der Waals surface area (Å²) in [6, 6.07) is 9.19. The summed E-state index contributed by atoms with van der Waals surface area (Å²) in [6.07, 6.45) is 1.56. The number of aromatic nitrogens is 2. The summed E-state index contributed by atoms with van der Waals surface area (Å²) in [7, 11) is 0. The minimum absolute atomic E-state index is 0.115. The van der Waals surface area contributed by atoms with E-state index in [1.807, 2.05) is 18.2 Å². The van der Waals surface area contributed by atoms with Gasteiger partial charge in [0.2, 0.25) is 6.79 Å². The van der Waals surface area contributed by atoms with Crippen LogP contribution in [0.3, 0.4) is 0 Å². The van der Waals surface area contributed by atoms with Crippen molar-refractivity contribution in [3.8, 4) is 11.5 Å². The maximum atomic E-state index is 12.9. The number of benzene rings is 2. The standard InChI is InChI=1S/C18H15ClN2O3S/c1-2-25-17-4-3-12(19)5-11(17)8-21-9-20-14-7-16-15(23-10-24-16)6-13(14)18(21)22/h3-7,9H,2,8,10H2,1H3. The van der Waals surface area contributed by atoms with Gasteiger partial charge in [-0.05, 0) is 35.6 Å². The second-order valence-electron chi connectivity index (χ2n) is 5.59. The number of rotatable bonds is 4. The van der Waals surface area contributed by atoms with Crippen molar-refractivity contribution in [2.24, 2.45) is 0 Å². The van der Waals surface area contributed by atoms with Gasteiger partial charge in [0.1, 0.15) is 0 Å². The smallest absolute Gasteiger partial charge is 0.261 e. The molecule has 0 aliphatic carbocycles. The number of fused-ring (bicyclic) bond motifs is 2. The van der Waals surface area contributed by atoms with Crippen molar-refractivity contribution in [1.82, 2.24) is 9.55 Å². The molecule has 1 aromatic heterocycles. The molecule has 128 valence electrons. The normalized spacial score (nSPS) is 12.7. The van der Waals surface area contributed by atoms with Crippen molar-refractivity contribution < 1.29 is 9.47 Å². The second kappa shape index (κ2) is 6.61. The van der Waals surface area contributed by atoms with Crippen molar-refractivity contribution in [2.75, 3.05) is 12.5 Å². The highest BCUT2D eigenvalue weighted by Gasteiger charge is 2.17. The summed E-state index contributed by atoms with van der Waals surface area (Å²) in [6.45, 7) is 2.68. The lowest BCUT2D eigenvalue weighted by Crippen LogP contribution is -2.21. The fourth-order valence-electron chi connectivity index (χ4n) is 2.81. The molecule has 0 N–H and O–H groups in total. The Morgan fingerprint density at radius 1 is 1.24 bits per heavy atom. The average molecular weight is 375 g/mol. The predicted molar refractivity (Wildman–Crippen MR) is 99.1 cm³/mol. The number of hydrogen-bond acceptors (Lipinski definition) is 5. The van der Waals surface area contributed by atoms with E-state index in [4.69, 9.17) is 21.1 Å². The molecule has 0 bridgehead atoms. The molecule has 3 aromatic rings.